The van der Waals surface area contributed by atoms with Crippen molar-refractivity contribution < 1.29 is 13.6 Å². The van der Waals surface area contributed by atoms with Crippen LogP contribution in [-0.2, 0) is 13.1 Å². The van der Waals surface area contributed by atoms with Gasteiger partial charge >= 0.3 is 0 Å². The molecule has 0 spiro atoms. The van der Waals surface area contributed by atoms with E-state index >= 15 is 0 Å². The fraction of sp³-hybridized carbons (Fsp3) is 0.263. The molecule has 0 radical (unpaired) electrons. The number of carbonyl (C=O) groups excluding carboxylic acids is 1. The van der Waals surface area contributed by atoms with Gasteiger partial charge in [0.15, 0.2) is 5.96 Å². The first-order valence-electron chi connectivity index (χ1n) is 8.29. The SMILES string of the molecule is CCNC(=O)c1ccc(CNC(=NC)NCc2cc(F)ccc2F)cc1. The van der Waals surface area contributed by atoms with E-state index < -0.39 is 11.6 Å². The van der Waals surface area contributed by atoms with E-state index in [1.54, 1.807) is 19.2 Å². The molecule has 0 atom stereocenters. The molecular formula is C19H22F2N4O. The Bertz CT molecular complexity index is 776. The lowest BCUT2D eigenvalue weighted by Crippen LogP contribution is -2.36. The summed E-state index contributed by atoms with van der Waals surface area (Å²) in [6.45, 7) is 3.03. The molecule has 0 saturated heterocycles. The molecule has 2 aromatic carbocycles. The number of benzene rings is 2. The number of nitrogens with zero attached hydrogens (tertiary/aromatic N) is 1. The lowest BCUT2D eigenvalue weighted by Gasteiger charge is -2.13. The molecule has 0 aliphatic heterocycles. The van der Waals surface area contributed by atoms with Gasteiger partial charge in [0.05, 0.1) is 0 Å². The van der Waals surface area contributed by atoms with Crippen molar-refractivity contribution in [3.8, 4) is 0 Å². The third-order valence-electron chi connectivity index (χ3n) is 3.69. The zero-order valence-electron chi connectivity index (χ0n) is 14.8. The molecule has 0 aliphatic carbocycles. The van der Waals surface area contributed by atoms with Crippen LogP contribution >= 0.6 is 0 Å². The molecule has 0 aromatic heterocycles. The monoisotopic (exact) mass is 360 g/mol. The summed E-state index contributed by atoms with van der Waals surface area (Å²) in [5, 5.41) is 8.76. The Morgan fingerprint density at radius 2 is 1.69 bits per heavy atom. The predicted octanol–water partition coefficient (Wildman–Crippen LogP) is 2.58. The van der Waals surface area contributed by atoms with E-state index in [0.29, 0.717) is 24.6 Å². The summed E-state index contributed by atoms with van der Waals surface area (Å²) < 4.78 is 26.8. The van der Waals surface area contributed by atoms with Gasteiger partial charge < -0.3 is 16.0 Å². The summed E-state index contributed by atoms with van der Waals surface area (Å²) in [6.07, 6.45) is 0. The first-order chi connectivity index (χ1) is 12.5. The fourth-order valence-electron chi connectivity index (χ4n) is 2.30. The summed E-state index contributed by atoms with van der Waals surface area (Å²) >= 11 is 0. The molecule has 26 heavy (non-hydrogen) atoms. The molecule has 2 aromatic rings. The summed E-state index contributed by atoms with van der Waals surface area (Å²) in [5.41, 5.74) is 1.77. The predicted molar refractivity (Wildman–Crippen MR) is 97.8 cm³/mol. The van der Waals surface area contributed by atoms with Crippen LogP contribution in [0.1, 0.15) is 28.4 Å². The molecule has 1 amide bonds. The Labute approximate surface area is 151 Å². The summed E-state index contributed by atoms with van der Waals surface area (Å²) in [6, 6.07) is 10.5. The number of amides is 1. The average molecular weight is 360 g/mol. The highest BCUT2D eigenvalue weighted by Gasteiger charge is 2.06. The molecule has 0 bridgehead atoms. The zero-order valence-corrected chi connectivity index (χ0v) is 14.8. The fourth-order valence-corrected chi connectivity index (χ4v) is 2.30. The van der Waals surface area contributed by atoms with Crippen LogP contribution in [0.5, 0.6) is 0 Å². The summed E-state index contributed by atoms with van der Waals surface area (Å²) in [4.78, 5) is 15.8. The van der Waals surface area contributed by atoms with Gasteiger partial charge in [-0.1, -0.05) is 12.1 Å². The first kappa shape index (κ1) is 19.4. The highest BCUT2D eigenvalue weighted by Crippen LogP contribution is 2.09. The Morgan fingerprint density at radius 3 is 2.35 bits per heavy atom. The number of hydrogen-bond donors (Lipinski definition) is 3. The molecule has 0 fully saturated rings. The van der Waals surface area contributed by atoms with Crippen molar-refractivity contribution in [2.75, 3.05) is 13.6 Å². The van der Waals surface area contributed by atoms with Gasteiger partial charge in [0, 0.05) is 37.8 Å². The standard InChI is InChI=1S/C19H22F2N4O/c1-3-23-18(26)14-6-4-13(5-7-14)11-24-19(22-2)25-12-15-10-16(20)8-9-17(15)21/h4-10H,3,11-12H2,1-2H3,(H,23,26)(H2,22,24,25). The zero-order chi connectivity index (χ0) is 18.9. The smallest absolute Gasteiger partial charge is 0.251 e. The Hall–Kier alpha value is -2.96. The van der Waals surface area contributed by atoms with Crippen molar-refractivity contribution in [3.05, 3.63) is 70.8 Å². The maximum Gasteiger partial charge on any atom is 0.251 e. The Balaban J connectivity index is 1.88. The van der Waals surface area contributed by atoms with Gasteiger partial charge in [0.1, 0.15) is 11.6 Å². The van der Waals surface area contributed by atoms with Crippen molar-refractivity contribution in [2.45, 2.75) is 20.0 Å². The maximum absolute atomic E-state index is 13.6. The van der Waals surface area contributed by atoms with Crippen molar-refractivity contribution in [3.63, 3.8) is 0 Å². The number of aliphatic imine (C=N–C) groups is 1. The van der Waals surface area contributed by atoms with Crippen molar-refractivity contribution in [1.29, 1.82) is 0 Å². The second-order valence-electron chi connectivity index (χ2n) is 5.57. The molecule has 0 saturated carbocycles. The second kappa shape index (κ2) is 9.50. The quantitative estimate of drug-likeness (QED) is 0.548. The number of guanidine groups is 1. The van der Waals surface area contributed by atoms with Gasteiger partial charge in [-0.15, -0.1) is 0 Å². The molecule has 5 nitrogen and oxygen atoms in total. The molecule has 2 rings (SSSR count). The molecule has 3 N–H and O–H groups in total. The largest absolute Gasteiger partial charge is 0.352 e. The van der Waals surface area contributed by atoms with Crippen LogP contribution in [0.25, 0.3) is 0 Å². The van der Waals surface area contributed by atoms with Crippen LogP contribution in [0.4, 0.5) is 8.78 Å². The Kier molecular flexibility index (Phi) is 7.08. The van der Waals surface area contributed by atoms with E-state index in [0.717, 1.165) is 23.8 Å². The van der Waals surface area contributed by atoms with Crippen LogP contribution < -0.4 is 16.0 Å². The highest BCUT2D eigenvalue weighted by molar-refractivity contribution is 5.94. The van der Waals surface area contributed by atoms with Crippen molar-refractivity contribution in [1.82, 2.24) is 16.0 Å². The van der Waals surface area contributed by atoms with Crippen LogP contribution in [0, 0.1) is 11.6 Å². The van der Waals surface area contributed by atoms with Crippen LogP contribution in [0.3, 0.4) is 0 Å². The normalized spacial score (nSPS) is 11.2. The molecule has 0 unspecified atom stereocenters. The lowest BCUT2D eigenvalue weighted by atomic mass is 10.1. The summed E-state index contributed by atoms with van der Waals surface area (Å²) in [7, 11) is 1.59. The third-order valence-corrected chi connectivity index (χ3v) is 3.69. The van der Waals surface area contributed by atoms with Crippen LogP contribution in [-0.4, -0.2) is 25.5 Å². The van der Waals surface area contributed by atoms with E-state index in [9.17, 15) is 13.6 Å². The number of carbonyl (C=O) groups is 1. The maximum atomic E-state index is 13.6. The van der Waals surface area contributed by atoms with Gasteiger partial charge in [-0.2, -0.15) is 0 Å². The minimum atomic E-state index is -0.488. The van der Waals surface area contributed by atoms with E-state index in [-0.39, 0.29) is 18.0 Å². The highest BCUT2D eigenvalue weighted by atomic mass is 19.1. The van der Waals surface area contributed by atoms with E-state index in [1.165, 1.54) is 0 Å². The lowest BCUT2D eigenvalue weighted by molar-refractivity contribution is 0.0956. The van der Waals surface area contributed by atoms with Gasteiger partial charge in [-0.05, 0) is 42.8 Å². The molecule has 7 heteroatoms. The molecule has 0 aliphatic rings. The third kappa shape index (κ3) is 5.54. The van der Waals surface area contributed by atoms with Crippen molar-refractivity contribution in [2.24, 2.45) is 4.99 Å². The number of hydrogen-bond acceptors (Lipinski definition) is 2. The van der Waals surface area contributed by atoms with Gasteiger partial charge in [0.2, 0.25) is 0 Å². The van der Waals surface area contributed by atoms with E-state index in [2.05, 4.69) is 20.9 Å². The van der Waals surface area contributed by atoms with Gasteiger partial charge in [-0.25, -0.2) is 8.78 Å². The topological polar surface area (TPSA) is 65.5 Å². The number of halogens is 2. The van der Waals surface area contributed by atoms with Gasteiger partial charge in [-0.3, -0.25) is 9.79 Å². The minimum absolute atomic E-state index is 0.110. The molecule has 138 valence electrons. The molecule has 0 heterocycles. The molecular weight excluding hydrogens is 338 g/mol. The number of rotatable bonds is 6. The van der Waals surface area contributed by atoms with Crippen molar-refractivity contribution >= 4 is 11.9 Å². The number of nitrogens with one attached hydrogen (secondary N) is 3. The first-order valence-corrected chi connectivity index (χ1v) is 8.29. The summed E-state index contributed by atoms with van der Waals surface area (Å²) in [5.74, 6) is -0.614. The minimum Gasteiger partial charge on any atom is -0.352 e. The van der Waals surface area contributed by atoms with Crippen LogP contribution in [0.2, 0.25) is 0 Å². The average Bonchev–Trinajstić information content (AvgIpc) is 2.65. The Morgan fingerprint density at radius 1 is 1.00 bits per heavy atom. The van der Waals surface area contributed by atoms with Gasteiger partial charge in [0.25, 0.3) is 5.91 Å². The van der Waals surface area contributed by atoms with Crippen LogP contribution in [0.15, 0.2) is 47.5 Å². The van der Waals surface area contributed by atoms with E-state index in [4.69, 9.17) is 0 Å². The van der Waals surface area contributed by atoms with E-state index in [1.807, 2.05) is 19.1 Å². The second-order valence-corrected chi connectivity index (χ2v) is 5.57.